The van der Waals surface area contributed by atoms with E-state index >= 15 is 0 Å². The van der Waals surface area contributed by atoms with Crippen LogP contribution < -0.4 is 10.1 Å². The molecule has 1 amide bonds. The molecule has 0 spiro atoms. The first-order chi connectivity index (χ1) is 12.3. The van der Waals surface area contributed by atoms with Gasteiger partial charge < -0.3 is 10.1 Å². The van der Waals surface area contributed by atoms with Crippen molar-refractivity contribution in [2.45, 2.75) is 38.3 Å². The highest BCUT2D eigenvalue weighted by Gasteiger charge is 2.30. The highest BCUT2D eigenvalue weighted by molar-refractivity contribution is 7.89. The molecule has 0 fully saturated rings. The SMILES string of the molecule is Cc1cc2c(cc1S(=O)(=O)N(Cc1ccccc1)C(C)C)OCC(=O)N2. The number of hydrogen-bond acceptors (Lipinski definition) is 4. The molecule has 0 aliphatic carbocycles. The maximum atomic E-state index is 13.3. The lowest BCUT2D eigenvalue weighted by Gasteiger charge is -2.28. The van der Waals surface area contributed by atoms with Crippen molar-refractivity contribution in [3.63, 3.8) is 0 Å². The highest BCUT2D eigenvalue weighted by atomic mass is 32.2. The smallest absolute Gasteiger partial charge is 0.262 e. The van der Waals surface area contributed by atoms with E-state index in [0.717, 1.165) is 5.56 Å². The summed E-state index contributed by atoms with van der Waals surface area (Å²) in [5.74, 6) is 0.123. The zero-order valence-corrected chi connectivity index (χ0v) is 15.8. The average Bonchev–Trinajstić information content (AvgIpc) is 2.59. The van der Waals surface area contributed by atoms with Crippen molar-refractivity contribution in [2.24, 2.45) is 0 Å². The molecule has 3 rings (SSSR count). The van der Waals surface area contributed by atoms with E-state index in [2.05, 4.69) is 5.32 Å². The molecule has 0 bridgehead atoms. The van der Waals surface area contributed by atoms with Gasteiger partial charge in [0.05, 0.1) is 10.6 Å². The van der Waals surface area contributed by atoms with Gasteiger partial charge in [0.15, 0.2) is 6.61 Å². The fourth-order valence-corrected chi connectivity index (χ4v) is 4.78. The Morgan fingerprint density at radius 1 is 1.19 bits per heavy atom. The van der Waals surface area contributed by atoms with E-state index in [-0.39, 0.29) is 30.0 Å². The minimum Gasteiger partial charge on any atom is -0.482 e. The van der Waals surface area contributed by atoms with Crippen LogP contribution in [0.15, 0.2) is 47.4 Å². The highest BCUT2D eigenvalue weighted by Crippen LogP contribution is 2.34. The summed E-state index contributed by atoms with van der Waals surface area (Å²) in [4.78, 5) is 11.6. The summed E-state index contributed by atoms with van der Waals surface area (Å²) in [5, 5.41) is 2.70. The fraction of sp³-hybridized carbons (Fsp3) is 0.316. The van der Waals surface area contributed by atoms with Crippen molar-refractivity contribution < 1.29 is 17.9 Å². The molecule has 0 saturated heterocycles. The van der Waals surface area contributed by atoms with Crippen LogP contribution in [0, 0.1) is 6.92 Å². The van der Waals surface area contributed by atoms with Gasteiger partial charge in [-0.3, -0.25) is 4.79 Å². The van der Waals surface area contributed by atoms with Gasteiger partial charge >= 0.3 is 0 Å². The first kappa shape index (κ1) is 18.4. The molecule has 1 heterocycles. The molecule has 26 heavy (non-hydrogen) atoms. The first-order valence-electron chi connectivity index (χ1n) is 8.42. The zero-order valence-electron chi connectivity index (χ0n) is 15.0. The van der Waals surface area contributed by atoms with Crippen LogP contribution >= 0.6 is 0 Å². The number of carbonyl (C=O) groups excluding carboxylic acids is 1. The number of benzene rings is 2. The number of amides is 1. The van der Waals surface area contributed by atoms with Gasteiger partial charge in [0.25, 0.3) is 5.91 Å². The number of carbonyl (C=O) groups is 1. The number of sulfonamides is 1. The summed E-state index contributed by atoms with van der Waals surface area (Å²) in [7, 11) is -3.74. The van der Waals surface area contributed by atoms with Crippen molar-refractivity contribution in [3.8, 4) is 5.75 Å². The molecule has 0 aromatic heterocycles. The predicted molar refractivity (Wildman–Crippen MR) is 99.6 cm³/mol. The predicted octanol–water partition coefficient (Wildman–Crippen LogP) is 2.93. The van der Waals surface area contributed by atoms with Crippen LogP contribution in [0.5, 0.6) is 5.75 Å². The van der Waals surface area contributed by atoms with Crippen LogP contribution in [0.4, 0.5) is 5.69 Å². The zero-order chi connectivity index (χ0) is 18.9. The molecule has 0 atom stereocenters. The summed E-state index contributed by atoms with van der Waals surface area (Å²) in [6.07, 6.45) is 0. The number of hydrogen-bond donors (Lipinski definition) is 1. The Labute approximate surface area is 153 Å². The molecule has 0 saturated carbocycles. The molecule has 1 aliphatic heterocycles. The van der Waals surface area contributed by atoms with Crippen LogP contribution in [-0.4, -0.2) is 31.3 Å². The van der Waals surface area contributed by atoms with E-state index in [1.54, 1.807) is 13.0 Å². The molecule has 138 valence electrons. The lowest BCUT2D eigenvalue weighted by Crippen LogP contribution is -2.37. The van der Waals surface area contributed by atoms with E-state index in [1.807, 2.05) is 44.2 Å². The number of rotatable bonds is 5. The normalized spacial score (nSPS) is 14.1. The quantitative estimate of drug-likeness (QED) is 0.873. The second-order valence-corrected chi connectivity index (χ2v) is 8.44. The second-order valence-electron chi connectivity index (χ2n) is 6.58. The topological polar surface area (TPSA) is 75.7 Å². The van der Waals surface area contributed by atoms with Crippen molar-refractivity contribution in [2.75, 3.05) is 11.9 Å². The molecule has 1 N–H and O–H groups in total. The Kier molecular flexibility index (Phi) is 5.02. The molecule has 7 heteroatoms. The Bertz CT molecular complexity index is 924. The first-order valence-corrected chi connectivity index (χ1v) is 9.86. The molecule has 1 aliphatic rings. The Hall–Kier alpha value is -2.38. The van der Waals surface area contributed by atoms with Gasteiger partial charge in [-0.25, -0.2) is 8.42 Å². The minimum atomic E-state index is -3.74. The molecule has 2 aromatic carbocycles. The van der Waals surface area contributed by atoms with Crippen molar-refractivity contribution in [1.29, 1.82) is 0 Å². The van der Waals surface area contributed by atoms with Gasteiger partial charge in [0.2, 0.25) is 10.0 Å². The monoisotopic (exact) mass is 374 g/mol. The number of nitrogens with one attached hydrogen (secondary N) is 1. The maximum absolute atomic E-state index is 13.3. The Balaban J connectivity index is 2.01. The van der Waals surface area contributed by atoms with Gasteiger partial charge in [-0.15, -0.1) is 0 Å². The standard InChI is InChI=1S/C19H22N2O4S/c1-13(2)21(11-15-7-5-4-6-8-15)26(23,24)18-10-17-16(9-14(18)3)20-19(22)12-25-17/h4-10,13H,11-12H2,1-3H3,(H,20,22). The summed E-state index contributed by atoms with van der Waals surface area (Å²) in [5.41, 5.74) is 1.98. The van der Waals surface area contributed by atoms with Crippen molar-refractivity contribution in [1.82, 2.24) is 4.31 Å². The summed E-state index contributed by atoms with van der Waals surface area (Å²) >= 11 is 0. The molecular weight excluding hydrogens is 352 g/mol. The summed E-state index contributed by atoms with van der Waals surface area (Å²) < 4.78 is 33.5. The molecular formula is C19H22N2O4S. The van der Waals surface area contributed by atoms with Gasteiger partial charge in [0.1, 0.15) is 5.75 Å². The molecule has 2 aromatic rings. The third-order valence-electron chi connectivity index (χ3n) is 4.25. The number of fused-ring (bicyclic) bond motifs is 1. The van der Waals surface area contributed by atoms with Gasteiger partial charge in [-0.05, 0) is 38.0 Å². The van der Waals surface area contributed by atoms with Crippen molar-refractivity contribution in [3.05, 3.63) is 53.6 Å². The molecule has 0 radical (unpaired) electrons. The second kappa shape index (κ2) is 7.09. The van der Waals surface area contributed by atoms with E-state index < -0.39 is 10.0 Å². The summed E-state index contributed by atoms with van der Waals surface area (Å²) in [6, 6.07) is 12.4. The number of aryl methyl sites for hydroxylation is 1. The van der Waals surface area contributed by atoms with Crippen molar-refractivity contribution >= 4 is 21.6 Å². The van der Waals surface area contributed by atoms with E-state index in [9.17, 15) is 13.2 Å². The van der Waals surface area contributed by atoms with Crippen LogP contribution in [0.2, 0.25) is 0 Å². The Morgan fingerprint density at radius 3 is 2.54 bits per heavy atom. The van der Waals surface area contributed by atoms with E-state index in [1.165, 1.54) is 10.4 Å². The third kappa shape index (κ3) is 3.59. The lowest BCUT2D eigenvalue weighted by atomic mass is 10.2. The Morgan fingerprint density at radius 2 is 1.88 bits per heavy atom. The number of ether oxygens (including phenoxy) is 1. The van der Waals surface area contributed by atoms with Gasteiger partial charge in [-0.1, -0.05) is 30.3 Å². The maximum Gasteiger partial charge on any atom is 0.262 e. The van der Waals surface area contributed by atoms with E-state index in [0.29, 0.717) is 17.0 Å². The fourth-order valence-electron chi connectivity index (χ4n) is 2.93. The largest absolute Gasteiger partial charge is 0.482 e. The molecule has 6 nitrogen and oxygen atoms in total. The third-order valence-corrected chi connectivity index (χ3v) is 6.42. The molecule has 0 unspecified atom stereocenters. The van der Waals surface area contributed by atoms with Gasteiger partial charge in [0, 0.05) is 18.7 Å². The van der Waals surface area contributed by atoms with Gasteiger partial charge in [-0.2, -0.15) is 4.31 Å². The summed E-state index contributed by atoms with van der Waals surface area (Å²) in [6.45, 7) is 5.59. The van der Waals surface area contributed by atoms with Crippen LogP contribution in [0.1, 0.15) is 25.0 Å². The van der Waals surface area contributed by atoms with Crippen LogP contribution in [0.3, 0.4) is 0 Å². The van der Waals surface area contributed by atoms with E-state index in [4.69, 9.17) is 4.74 Å². The average molecular weight is 374 g/mol. The minimum absolute atomic E-state index is 0.118. The van der Waals surface area contributed by atoms with Crippen LogP contribution in [-0.2, 0) is 21.4 Å². The number of nitrogens with zero attached hydrogens (tertiary/aromatic N) is 1. The number of anilines is 1. The van der Waals surface area contributed by atoms with Crippen LogP contribution in [0.25, 0.3) is 0 Å². The lowest BCUT2D eigenvalue weighted by molar-refractivity contribution is -0.118.